The molecule has 0 fully saturated rings. The first-order valence-electron chi connectivity index (χ1n) is 7.92. The van der Waals surface area contributed by atoms with E-state index in [1.54, 1.807) is 18.2 Å². The van der Waals surface area contributed by atoms with Gasteiger partial charge >= 0.3 is 0 Å². The highest BCUT2D eigenvalue weighted by Gasteiger charge is 2.10. The summed E-state index contributed by atoms with van der Waals surface area (Å²) in [7, 11) is 0. The monoisotopic (exact) mass is 542 g/mol. The fourth-order valence-electron chi connectivity index (χ4n) is 2.02. The van der Waals surface area contributed by atoms with Gasteiger partial charge in [-0.05, 0) is 58.4 Å². The number of hydrazone groups is 1. The predicted octanol–water partition coefficient (Wildman–Crippen LogP) is 6.14. The maximum atomic E-state index is 11.8. The Labute approximate surface area is 187 Å². The van der Waals surface area contributed by atoms with E-state index < -0.39 is 0 Å². The molecule has 1 N–H and O–H groups in total. The molecule has 0 bridgehead atoms. The van der Waals surface area contributed by atoms with Crippen LogP contribution in [-0.4, -0.2) is 18.7 Å². The van der Waals surface area contributed by atoms with Gasteiger partial charge in [0, 0.05) is 20.5 Å². The van der Waals surface area contributed by atoms with Crippen molar-refractivity contribution in [3.63, 3.8) is 0 Å². The second-order valence-corrected chi connectivity index (χ2v) is 8.63. The second-order valence-electron chi connectivity index (χ2n) is 5.38. The summed E-state index contributed by atoms with van der Waals surface area (Å²) >= 11 is 14.1. The quantitative estimate of drug-likeness (QED) is 0.287. The third-order valence-electron chi connectivity index (χ3n) is 3.25. The lowest BCUT2D eigenvalue weighted by Gasteiger charge is -2.04. The van der Waals surface area contributed by atoms with Crippen molar-refractivity contribution in [3.05, 3.63) is 74.3 Å². The minimum absolute atomic E-state index is 0.146. The van der Waals surface area contributed by atoms with Crippen LogP contribution in [0.25, 0.3) is 0 Å². The van der Waals surface area contributed by atoms with Crippen molar-refractivity contribution in [1.29, 1.82) is 0 Å². The average molecular weight is 545 g/mol. The van der Waals surface area contributed by atoms with E-state index in [0.29, 0.717) is 21.6 Å². The van der Waals surface area contributed by atoms with Crippen molar-refractivity contribution in [2.75, 3.05) is 6.61 Å². The molecule has 5 nitrogen and oxygen atoms in total. The smallest absolute Gasteiger partial charge is 0.277 e. The molecular formula is C19H13Br2ClN2O3S. The van der Waals surface area contributed by atoms with E-state index in [4.69, 9.17) is 20.8 Å². The summed E-state index contributed by atoms with van der Waals surface area (Å²) in [6, 6.07) is 16.4. The summed E-state index contributed by atoms with van der Waals surface area (Å²) in [5.41, 5.74) is 2.40. The SMILES string of the molecule is O=C(COc1cccc(Br)c1)N/N=C/c1cc(Br)c(Sc2ccc(Cl)cc2)o1. The molecule has 0 saturated carbocycles. The summed E-state index contributed by atoms with van der Waals surface area (Å²) in [5.74, 6) is 0.710. The van der Waals surface area contributed by atoms with Crippen LogP contribution in [-0.2, 0) is 4.79 Å². The lowest BCUT2D eigenvalue weighted by atomic mass is 10.3. The van der Waals surface area contributed by atoms with Crippen LogP contribution in [0.3, 0.4) is 0 Å². The molecule has 144 valence electrons. The van der Waals surface area contributed by atoms with Gasteiger partial charge in [-0.3, -0.25) is 4.79 Å². The topological polar surface area (TPSA) is 63.8 Å². The van der Waals surface area contributed by atoms with Gasteiger partial charge in [0.25, 0.3) is 5.91 Å². The summed E-state index contributed by atoms with van der Waals surface area (Å²) in [6.45, 7) is -0.146. The van der Waals surface area contributed by atoms with Gasteiger partial charge in [0.2, 0.25) is 0 Å². The fourth-order valence-corrected chi connectivity index (χ4v) is 3.85. The zero-order valence-electron chi connectivity index (χ0n) is 14.2. The van der Waals surface area contributed by atoms with E-state index in [-0.39, 0.29) is 12.5 Å². The van der Waals surface area contributed by atoms with Crippen molar-refractivity contribution in [3.8, 4) is 5.75 Å². The standard InChI is InChI=1S/C19H13Br2ClN2O3S/c20-12-2-1-3-14(8-12)26-11-18(25)24-23-10-15-9-17(21)19(27-15)28-16-6-4-13(22)5-7-16/h1-10H,11H2,(H,24,25)/b23-10+. The van der Waals surface area contributed by atoms with Gasteiger partial charge in [-0.1, -0.05) is 45.4 Å². The van der Waals surface area contributed by atoms with Crippen molar-refractivity contribution < 1.29 is 13.9 Å². The zero-order chi connectivity index (χ0) is 19.9. The molecule has 1 amide bonds. The average Bonchev–Trinajstić information content (AvgIpc) is 3.01. The number of nitrogens with zero attached hydrogens (tertiary/aromatic N) is 1. The first-order valence-corrected chi connectivity index (χ1v) is 10.7. The highest BCUT2D eigenvalue weighted by atomic mass is 79.9. The number of hydrogen-bond donors (Lipinski definition) is 1. The highest BCUT2D eigenvalue weighted by Crippen LogP contribution is 2.35. The molecule has 1 aromatic heterocycles. The fraction of sp³-hybridized carbons (Fsp3) is 0.0526. The van der Waals surface area contributed by atoms with Crippen LogP contribution in [0, 0.1) is 0 Å². The Hall–Kier alpha value is -1.74. The van der Waals surface area contributed by atoms with Gasteiger partial charge in [-0.25, -0.2) is 5.43 Å². The number of rotatable bonds is 7. The number of carbonyl (C=O) groups excluding carboxylic acids is 1. The van der Waals surface area contributed by atoms with E-state index in [1.807, 2.05) is 36.4 Å². The summed E-state index contributed by atoms with van der Waals surface area (Å²) < 4.78 is 12.8. The number of hydrogen-bond acceptors (Lipinski definition) is 5. The minimum Gasteiger partial charge on any atom is -0.484 e. The van der Waals surface area contributed by atoms with E-state index in [1.165, 1.54) is 18.0 Å². The van der Waals surface area contributed by atoms with Crippen molar-refractivity contribution in [2.24, 2.45) is 5.10 Å². The maximum Gasteiger partial charge on any atom is 0.277 e. The normalized spacial score (nSPS) is 11.0. The van der Waals surface area contributed by atoms with Crippen LogP contribution in [0.2, 0.25) is 5.02 Å². The molecule has 0 radical (unpaired) electrons. The molecule has 2 aromatic carbocycles. The van der Waals surface area contributed by atoms with Crippen LogP contribution >= 0.6 is 55.2 Å². The Morgan fingerprint density at radius 2 is 2.00 bits per heavy atom. The second kappa shape index (κ2) is 10.2. The van der Waals surface area contributed by atoms with Gasteiger partial charge in [0.05, 0.1) is 10.7 Å². The maximum absolute atomic E-state index is 11.8. The molecular weight excluding hydrogens is 532 g/mol. The van der Waals surface area contributed by atoms with Crippen LogP contribution in [0.1, 0.15) is 5.76 Å². The van der Waals surface area contributed by atoms with E-state index in [0.717, 1.165) is 13.8 Å². The molecule has 9 heteroatoms. The van der Waals surface area contributed by atoms with Gasteiger partial charge in [0.15, 0.2) is 11.7 Å². The van der Waals surface area contributed by atoms with E-state index >= 15 is 0 Å². The zero-order valence-corrected chi connectivity index (χ0v) is 18.9. The Bertz CT molecular complexity index is 993. The molecule has 0 aliphatic carbocycles. The molecule has 3 rings (SSSR count). The van der Waals surface area contributed by atoms with E-state index in [9.17, 15) is 4.79 Å². The molecule has 1 heterocycles. The van der Waals surface area contributed by atoms with Crippen LogP contribution in [0.4, 0.5) is 0 Å². The molecule has 0 unspecified atom stereocenters. The highest BCUT2D eigenvalue weighted by molar-refractivity contribution is 9.10. The Kier molecular flexibility index (Phi) is 7.61. The molecule has 0 aliphatic heterocycles. The van der Waals surface area contributed by atoms with Crippen molar-refractivity contribution >= 4 is 67.3 Å². The van der Waals surface area contributed by atoms with Crippen LogP contribution in [0.15, 0.2) is 83.0 Å². The first-order chi connectivity index (χ1) is 13.5. The predicted molar refractivity (Wildman–Crippen MR) is 117 cm³/mol. The third kappa shape index (κ3) is 6.41. The minimum atomic E-state index is -0.377. The number of furan rings is 1. The molecule has 0 saturated heterocycles. The summed E-state index contributed by atoms with van der Waals surface area (Å²) in [4.78, 5) is 12.8. The van der Waals surface area contributed by atoms with Crippen LogP contribution < -0.4 is 10.2 Å². The van der Waals surface area contributed by atoms with Crippen molar-refractivity contribution in [1.82, 2.24) is 5.43 Å². The lowest BCUT2D eigenvalue weighted by molar-refractivity contribution is -0.123. The molecule has 0 aliphatic rings. The first kappa shape index (κ1) is 21.0. The molecule has 0 atom stereocenters. The van der Waals surface area contributed by atoms with Gasteiger partial charge < -0.3 is 9.15 Å². The Balaban J connectivity index is 1.51. The number of nitrogens with one attached hydrogen (secondary N) is 1. The van der Waals surface area contributed by atoms with Gasteiger partial charge in [0.1, 0.15) is 11.5 Å². The summed E-state index contributed by atoms with van der Waals surface area (Å²) in [6.07, 6.45) is 1.42. The van der Waals surface area contributed by atoms with Crippen molar-refractivity contribution in [2.45, 2.75) is 9.99 Å². The molecule has 0 spiro atoms. The number of carbonyl (C=O) groups is 1. The lowest BCUT2D eigenvalue weighted by Crippen LogP contribution is -2.24. The third-order valence-corrected chi connectivity index (χ3v) is 5.84. The van der Waals surface area contributed by atoms with Crippen LogP contribution in [0.5, 0.6) is 5.75 Å². The van der Waals surface area contributed by atoms with E-state index in [2.05, 4.69) is 42.4 Å². The number of halogens is 3. The Morgan fingerprint density at radius 3 is 2.75 bits per heavy atom. The molecule has 3 aromatic rings. The largest absolute Gasteiger partial charge is 0.484 e. The number of benzene rings is 2. The summed E-state index contributed by atoms with van der Waals surface area (Å²) in [5, 5.41) is 5.24. The number of ether oxygens (including phenoxy) is 1. The molecule has 28 heavy (non-hydrogen) atoms. The number of amides is 1. The van der Waals surface area contributed by atoms with Gasteiger partial charge in [-0.2, -0.15) is 5.10 Å². The van der Waals surface area contributed by atoms with Gasteiger partial charge in [-0.15, -0.1) is 0 Å². The Morgan fingerprint density at radius 1 is 1.21 bits per heavy atom.